The van der Waals surface area contributed by atoms with Crippen molar-refractivity contribution < 1.29 is 14.7 Å². The van der Waals surface area contributed by atoms with E-state index in [1.807, 2.05) is 19.2 Å². The predicted molar refractivity (Wildman–Crippen MR) is 80.7 cm³/mol. The van der Waals surface area contributed by atoms with Crippen LogP contribution in [-0.2, 0) is 16.0 Å². The van der Waals surface area contributed by atoms with E-state index in [1.165, 1.54) is 5.56 Å². The van der Waals surface area contributed by atoms with Gasteiger partial charge in [0.15, 0.2) is 0 Å². The summed E-state index contributed by atoms with van der Waals surface area (Å²) >= 11 is 0. The Balaban J connectivity index is 1.76. The van der Waals surface area contributed by atoms with Crippen LogP contribution in [0.4, 0.5) is 11.4 Å². The van der Waals surface area contributed by atoms with Gasteiger partial charge in [-0.1, -0.05) is 0 Å². The first kappa shape index (κ1) is 13.9. The molecule has 0 radical (unpaired) electrons. The van der Waals surface area contributed by atoms with Crippen LogP contribution in [0.5, 0.6) is 0 Å². The van der Waals surface area contributed by atoms with Crippen molar-refractivity contribution in [2.24, 2.45) is 5.92 Å². The average molecular weight is 288 g/mol. The number of amides is 1. The molecule has 0 spiro atoms. The number of piperidine rings is 1. The van der Waals surface area contributed by atoms with Gasteiger partial charge in [-0.25, -0.2) is 0 Å². The molecule has 1 amide bonds. The SMILES string of the molecule is CN1C(=O)CCc2cc(N3CCC(C(=O)O)CC3)ccc21. The molecular formula is C16H20N2O3. The van der Waals surface area contributed by atoms with Gasteiger partial charge in [0.25, 0.3) is 0 Å². The molecule has 5 heteroatoms. The van der Waals surface area contributed by atoms with Gasteiger partial charge in [0.05, 0.1) is 5.92 Å². The highest BCUT2D eigenvalue weighted by atomic mass is 16.4. The lowest BCUT2D eigenvalue weighted by molar-refractivity contribution is -0.142. The Morgan fingerprint density at radius 2 is 1.95 bits per heavy atom. The van der Waals surface area contributed by atoms with Gasteiger partial charge < -0.3 is 14.9 Å². The van der Waals surface area contributed by atoms with Gasteiger partial charge in [-0.05, 0) is 43.0 Å². The Bertz CT molecular complexity index is 577. The van der Waals surface area contributed by atoms with Crippen LogP contribution in [0.3, 0.4) is 0 Å². The number of fused-ring (bicyclic) bond motifs is 1. The zero-order chi connectivity index (χ0) is 15.0. The smallest absolute Gasteiger partial charge is 0.306 e. The van der Waals surface area contributed by atoms with Gasteiger partial charge in [-0.3, -0.25) is 9.59 Å². The molecule has 0 unspecified atom stereocenters. The minimum atomic E-state index is -0.680. The summed E-state index contributed by atoms with van der Waals surface area (Å²) < 4.78 is 0. The third kappa shape index (κ3) is 2.60. The summed E-state index contributed by atoms with van der Waals surface area (Å²) in [6.45, 7) is 1.56. The zero-order valence-corrected chi connectivity index (χ0v) is 12.2. The molecule has 1 saturated heterocycles. The fourth-order valence-electron chi connectivity index (χ4n) is 3.22. The summed E-state index contributed by atoms with van der Waals surface area (Å²) in [5.74, 6) is -0.722. The van der Waals surface area contributed by atoms with Crippen LogP contribution < -0.4 is 9.80 Å². The van der Waals surface area contributed by atoms with Crippen molar-refractivity contribution in [1.29, 1.82) is 0 Å². The van der Waals surface area contributed by atoms with Crippen LogP contribution in [0.25, 0.3) is 0 Å². The summed E-state index contributed by atoms with van der Waals surface area (Å²) in [4.78, 5) is 26.7. The standard InChI is InChI=1S/C16H20N2O3/c1-17-14-4-3-13(10-12(14)2-5-15(17)19)18-8-6-11(7-9-18)16(20)21/h3-4,10-11H,2,5-9H2,1H3,(H,20,21). The monoisotopic (exact) mass is 288 g/mol. The molecule has 2 heterocycles. The normalized spacial score (nSPS) is 19.6. The van der Waals surface area contributed by atoms with Crippen molar-refractivity contribution in [3.63, 3.8) is 0 Å². The highest BCUT2D eigenvalue weighted by molar-refractivity contribution is 5.96. The van der Waals surface area contributed by atoms with Gasteiger partial charge in [0.2, 0.25) is 5.91 Å². The molecule has 1 fully saturated rings. The fourth-order valence-corrected chi connectivity index (χ4v) is 3.22. The van der Waals surface area contributed by atoms with Gasteiger partial charge in [-0.15, -0.1) is 0 Å². The molecule has 3 rings (SSSR count). The molecule has 2 aliphatic heterocycles. The number of hydrogen-bond donors (Lipinski definition) is 1. The number of benzene rings is 1. The third-order valence-corrected chi connectivity index (χ3v) is 4.62. The number of anilines is 2. The Morgan fingerprint density at radius 3 is 2.62 bits per heavy atom. The van der Waals surface area contributed by atoms with Gasteiger partial charge in [0.1, 0.15) is 0 Å². The molecule has 21 heavy (non-hydrogen) atoms. The number of carbonyl (C=O) groups excluding carboxylic acids is 1. The van der Waals surface area contributed by atoms with Gasteiger partial charge in [0, 0.05) is 37.9 Å². The van der Waals surface area contributed by atoms with Crippen LogP contribution in [0.15, 0.2) is 18.2 Å². The Kier molecular flexibility index (Phi) is 3.57. The van der Waals surface area contributed by atoms with Crippen molar-refractivity contribution in [1.82, 2.24) is 0 Å². The van der Waals surface area contributed by atoms with E-state index in [0.717, 1.165) is 30.9 Å². The first-order valence-corrected chi connectivity index (χ1v) is 7.43. The predicted octanol–water partition coefficient (Wildman–Crippen LogP) is 1.90. The van der Waals surface area contributed by atoms with Gasteiger partial charge >= 0.3 is 5.97 Å². The molecule has 0 saturated carbocycles. The van der Waals surface area contributed by atoms with E-state index in [1.54, 1.807) is 4.90 Å². The molecular weight excluding hydrogens is 268 g/mol. The summed E-state index contributed by atoms with van der Waals surface area (Å²) in [6, 6.07) is 6.19. The van der Waals surface area contributed by atoms with E-state index in [4.69, 9.17) is 5.11 Å². The van der Waals surface area contributed by atoms with Crippen molar-refractivity contribution in [3.05, 3.63) is 23.8 Å². The summed E-state index contributed by atoms with van der Waals surface area (Å²) in [6.07, 6.45) is 2.75. The van der Waals surface area contributed by atoms with Crippen LogP contribution >= 0.6 is 0 Å². The fraction of sp³-hybridized carbons (Fsp3) is 0.500. The van der Waals surface area contributed by atoms with E-state index in [0.29, 0.717) is 19.3 Å². The largest absolute Gasteiger partial charge is 0.481 e. The molecule has 2 aliphatic rings. The van der Waals surface area contributed by atoms with Crippen LogP contribution in [0.1, 0.15) is 24.8 Å². The molecule has 5 nitrogen and oxygen atoms in total. The number of carbonyl (C=O) groups is 2. The number of carboxylic acid groups (broad SMARTS) is 1. The second kappa shape index (κ2) is 5.39. The number of hydrogen-bond acceptors (Lipinski definition) is 3. The molecule has 1 aromatic carbocycles. The molecule has 0 aromatic heterocycles. The number of rotatable bonds is 2. The molecule has 112 valence electrons. The Labute approximate surface area is 124 Å². The summed E-state index contributed by atoms with van der Waals surface area (Å²) in [7, 11) is 1.82. The van der Waals surface area contributed by atoms with E-state index < -0.39 is 5.97 Å². The Morgan fingerprint density at radius 1 is 1.24 bits per heavy atom. The zero-order valence-electron chi connectivity index (χ0n) is 12.2. The van der Waals surface area contributed by atoms with Crippen LogP contribution in [0, 0.1) is 5.92 Å². The third-order valence-electron chi connectivity index (χ3n) is 4.62. The molecule has 1 N–H and O–H groups in total. The first-order chi connectivity index (χ1) is 10.1. The van der Waals surface area contributed by atoms with E-state index >= 15 is 0 Å². The van der Waals surface area contributed by atoms with Crippen molar-refractivity contribution in [2.45, 2.75) is 25.7 Å². The second-order valence-electron chi connectivity index (χ2n) is 5.87. The average Bonchev–Trinajstić information content (AvgIpc) is 2.51. The number of nitrogens with zero attached hydrogens (tertiary/aromatic N) is 2. The summed E-state index contributed by atoms with van der Waals surface area (Å²) in [5.41, 5.74) is 3.34. The number of aliphatic carboxylic acids is 1. The lowest BCUT2D eigenvalue weighted by atomic mass is 9.95. The lowest BCUT2D eigenvalue weighted by Crippen LogP contribution is -2.36. The van der Waals surface area contributed by atoms with E-state index in [2.05, 4.69) is 11.0 Å². The minimum absolute atomic E-state index is 0.164. The van der Waals surface area contributed by atoms with Crippen molar-refractivity contribution in [3.8, 4) is 0 Å². The lowest BCUT2D eigenvalue weighted by Gasteiger charge is -2.33. The molecule has 0 aliphatic carbocycles. The van der Waals surface area contributed by atoms with Gasteiger partial charge in [-0.2, -0.15) is 0 Å². The highest BCUT2D eigenvalue weighted by Gasteiger charge is 2.26. The van der Waals surface area contributed by atoms with E-state index in [9.17, 15) is 9.59 Å². The quantitative estimate of drug-likeness (QED) is 0.903. The number of carboxylic acids is 1. The highest BCUT2D eigenvalue weighted by Crippen LogP contribution is 2.32. The van der Waals surface area contributed by atoms with Crippen molar-refractivity contribution >= 4 is 23.3 Å². The Hall–Kier alpha value is -2.04. The molecule has 0 atom stereocenters. The van der Waals surface area contributed by atoms with E-state index in [-0.39, 0.29) is 11.8 Å². The maximum atomic E-state index is 11.7. The second-order valence-corrected chi connectivity index (χ2v) is 5.87. The maximum absolute atomic E-state index is 11.7. The maximum Gasteiger partial charge on any atom is 0.306 e. The van der Waals surface area contributed by atoms with Crippen LogP contribution in [0.2, 0.25) is 0 Å². The number of aryl methyl sites for hydroxylation is 1. The topological polar surface area (TPSA) is 60.9 Å². The minimum Gasteiger partial charge on any atom is -0.481 e. The molecule has 0 bridgehead atoms. The summed E-state index contributed by atoms with van der Waals surface area (Å²) in [5, 5.41) is 9.05. The first-order valence-electron chi connectivity index (χ1n) is 7.43. The van der Waals surface area contributed by atoms with Crippen molar-refractivity contribution in [2.75, 3.05) is 29.9 Å². The molecule has 1 aromatic rings. The van der Waals surface area contributed by atoms with Crippen LogP contribution in [-0.4, -0.2) is 37.1 Å².